The summed E-state index contributed by atoms with van der Waals surface area (Å²) < 4.78 is 7.05. The van der Waals surface area contributed by atoms with Gasteiger partial charge in [-0.25, -0.2) is 0 Å². The Hall–Kier alpha value is -2.53. The van der Waals surface area contributed by atoms with Crippen molar-refractivity contribution in [3.8, 4) is 11.6 Å². The van der Waals surface area contributed by atoms with Crippen molar-refractivity contribution < 1.29 is 9.84 Å². The van der Waals surface area contributed by atoms with Crippen molar-refractivity contribution >= 4 is 28.2 Å². The zero-order valence-corrected chi connectivity index (χ0v) is 13.2. The van der Waals surface area contributed by atoms with E-state index >= 15 is 0 Å². The summed E-state index contributed by atoms with van der Waals surface area (Å²) in [5.41, 5.74) is 1.68. The number of hydrogen-bond donors (Lipinski definition) is 1. The molecule has 23 heavy (non-hydrogen) atoms. The standard InChI is InChI=1S/C17H15ClN2O3/c1-2-23-13-6-3-11(4-7-13)10-20-15-8-5-12(18)9-14(15)16(19-22)17(20)21/h3-9,21H,2,10H2,1H3. The van der Waals surface area contributed by atoms with Gasteiger partial charge in [-0.15, -0.1) is 4.91 Å². The molecule has 2 aromatic carbocycles. The third-order valence-electron chi connectivity index (χ3n) is 3.64. The number of hydrogen-bond acceptors (Lipinski definition) is 4. The third-order valence-corrected chi connectivity index (χ3v) is 3.87. The van der Waals surface area contributed by atoms with Crippen LogP contribution in [0.25, 0.3) is 10.9 Å². The molecule has 118 valence electrons. The molecule has 0 amide bonds. The summed E-state index contributed by atoms with van der Waals surface area (Å²) in [6.45, 7) is 2.94. The summed E-state index contributed by atoms with van der Waals surface area (Å²) in [5, 5.41) is 14.3. The molecule has 0 aliphatic rings. The number of aromatic hydroxyl groups is 1. The quantitative estimate of drug-likeness (QED) is 0.680. The molecule has 0 fully saturated rings. The van der Waals surface area contributed by atoms with Gasteiger partial charge in [0.1, 0.15) is 5.75 Å². The number of ether oxygens (including phenoxy) is 1. The van der Waals surface area contributed by atoms with E-state index in [0.29, 0.717) is 29.1 Å². The molecule has 0 spiro atoms. The lowest BCUT2D eigenvalue weighted by atomic mass is 10.2. The fourth-order valence-corrected chi connectivity index (χ4v) is 2.76. The fourth-order valence-electron chi connectivity index (χ4n) is 2.59. The second-order valence-electron chi connectivity index (χ2n) is 5.09. The summed E-state index contributed by atoms with van der Waals surface area (Å²) in [6, 6.07) is 12.7. The molecule has 0 atom stereocenters. The lowest BCUT2D eigenvalue weighted by molar-refractivity contribution is 0.340. The molecule has 3 aromatic rings. The van der Waals surface area contributed by atoms with Crippen LogP contribution < -0.4 is 4.74 Å². The first-order valence-electron chi connectivity index (χ1n) is 7.20. The molecular weight excluding hydrogens is 316 g/mol. The minimum Gasteiger partial charge on any atom is -0.494 e. The molecule has 1 heterocycles. The first-order chi connectivity index (χ1) is 11.1. The highest BCUT2D eigenvalue weighted by atomic mass is 35.5. The van der Waals surface area contributed by atoms with Gasteiger partial charge < -0.3 is 14.4 Å². The molecule has 0 saturated heterocycles. The van der Waals surface area contributed by atoms with Gasteiger partial charge in [-0.3, -0.25) is 0 Å². The van der Waals surface area contributed by atoms with Crippen molar-refractivity contribution in [1.29, 1.82) is 0 Å². The third kappa shape index (κ3) is 2.87. The van der Waals surface area contributed by atoms with Gasteiger partial charge in [0.05, 0.1) is 18.7 Å². The largest absolute Gasteiger partial charge is 0.494 e. The van der Waals surface area contributed by atoms with Gasteiger partial charge in [-0.05, 0) is 48.0 Å². The smallest absolute Gasteiger partial charge is 0.222 e. The van der Waals surface area contributed by atoms with E-state index in [0.717, 1.165) is 11.3 Å². The lowest BCUT2D eigenvalue weighted by Crippen LogP contribution is -1.99. The Kier molecular flexibility index (Phi) is 4.21. The van der Waals surface area contributed by atoms with Crippen LogP contribution in [0.2, 0.25) is 5.02 Å². The summed E-state index contributed by atoms with van der Waals surface area (Å²) in [4.78, 5) is 11.1. The van der Waals surface area contributed by atoms with Crippen LogP contribution in [0.5, 0.6) is 11.6 Å². The Morgan fingerprint density at radius 1 is 1.22 bits per heavy atom. The second kappa shape index (κ2) is 6.30. The van der Waals surface area contributed by atoms with Crippen LogP contribution in [0.3, 0.4) is 0 Å². The van der Waals surface area contributed by atoms with Gasteiger partial charge in [-0.2, -0.15) is 0 Å². The molecule has 1 N–H and O–H groups in total. The molecular formula is C17H15ClN2O3. The Morgan fingerprint density at radius 2 is 1.96 bits per heavy atom. The van der Waals surface area contributed by atoms with E-state index in [-0.39, 0.29) is 11.6 Å². The van der Waals surface area contributed by atoms with E-state index in [1.807, 2.05) is 31.2 Å². The first-order valence-corrected chi connectivity index (χ1v) is 7.57. The van der Waals surface area contributed by atoms with Crippen molar-refractivity contribution in [3.63, 3.8) is 0 Å². The van der Waals surface area contributed by atoms with E-state index in [2.05, 4.69) is 5.18 Å². The Balaban J connectivity index is 2.02. The van der Waals surface area contributed by atoms with Gasteiger partial charge in [0.15, 0.2) is 5.69 Å². The maximum absolute atomic E-state index is 11.1. The number of halogens is 1. The van der Waals surface area contributed by atoms with Crippen LogP contribution in [-0.2, 0) is 6.54 Å². The summed E-state index contributed by atoms with van der Waals surface area (Å²) >= 11 is 5.97. The molecule has 5 nitrogen and oxygen atoms in total. The molecule has 3 rings (SSSR count). The molecule has 0 unspecified atom stereocenters. The van der Waals surface area contributed by atoms with Crippen LogP contribution in [0.15, 0.2) is 47.6 Å². The normalized spacial score (nSPS) is 10.9. The number of nitroso groups, excluding NO2 is 1. The molecule has 0 aliphatic heterocycles. The van der Waals surface area contributed by atoms with E-state index in [9.17, 15) is 10.0 Å². The predicted octanol–water partition coefficient (Wildman–Crippen LogP) is 4.85. The van der Waals surface area contributed by atoms with E-state index < -0.39 is 0 Å². The van der Waals surface area contributed by atoms with Crippen LogP contribution in [0.1, 0.15) is 12.5 Å². The van der Waals surface area contributed by atoms with Crippen LogP contribution in [-0.4, -0.2) is 16.3 Å². The van der Waals surface area contributed by atoms with E-state index in [1.165, 1.54) is 0 Å². The van der Waals surface area contributed by atoms with Gasteiger partial charge in [-0.1, -0.05) is 23.7 Å². The number of aromatic nitrogens is 1. The Bertz CT molecular complexity index is 856. The van der Waals surface area contributed by atoms with Crippen LogP contribution >= 0.6 is 11.6 Å². The van der Waals surface area contributed by atoms with Crippen molar-refractivity contribution in [2.45, 2.75) is 13.5 Å². The van der Waals surface area contributed by atoms with Crippen molar-refractivity contribution in [3.05, 3.63) is 58.0 Å². The maximum Gasteiger partial charge on any atom is 0.222 e. The molecule has 0 radical (unpaired) electrons. The van der Waals surface area contributed by atoms with Gasteiger partial charge in [0.2, 0.25) is 5.88 Å². The van der Waals surface area contributed by atoms with Gasteiger partial charge in [0, 0.05) is 10.4 Å². The molecule has 0 aliphatic carbocycles. The fraction of sp³-hybridized carbons (Fsp3) is 0.176. The lowest BCUT2D eigenvalue weighted by Gasteiger charge is -2.08. The highest BCUT2D eigenvalue weighted by Gasteiger charge is 2.18. The topological polar surface area (TPSA) is 63.8 Å². The molecule has 0 bridgehead atoms. The molecule has 0 saturated carbocycles. The van der Waals surface area contributed by atoms with Gasteiger partial charge in [0.25, 0.3) is 0 Å². The zero-order chi connectivity index (χ0) is 16.4. The zero-order valence-electron chi connectivity index (χ0n) is 12.5. The monoisotopic (exact) mass is 330 g/mol. The van der Waals surface area contributed by atoms with Crippen molar-refractivity contribution in [1.82, 2.24) is 4.57 Å². The number of fused-ring (bicyclic) bond motifs is 1. The second-order valence-corrected chi connectivity index (χ2v) is 5.52. The van der Waals surface area contributed by atoms with Crippen molar-refractivity contribution in [2.75, 3.05) is 6.61 Å². The van der Waals surface area contributed by atoms with E-state index in [1.54, 1.807) is 22.8 Å². The average Bonchev–Trinajstić information content (AvgIpc) is 2.80. The maximum atomic E-state index is 11.1. The molecule has 6 heteroatoms. The average molecular weight is 331 g/mol. The van der Waals surface area contributed by atoms with Crippen LogP contribution in [0.4, 0.5) is 5.69 Å². The number of benzene rings is 2. The summed E-state index contributed by atoms with van der Waals surface area (Å²) in [6.07, 6.45) is 0. The highest BCUT2D eigenvalue weighted by Crippen LogP contribution is 2.40. The number of nitrogens with zero attached hydrogens (tertiary/aromatic N) is 2. The minimum atomic E-state index is -0.161. The van der Waals surface area contributed by atoms with Crippen molar-refractivity contribution in [2.24, 2.45) is 5.18 Å². The summed E-state index contributed by atoms with van der Waals surface area (Å²) in [7, 11) is 0. The predicted molar refractivity (Wildman–Crippen MR) is 90.8 cm³/mol. The minimum absolute atomic E-state index is 0.00781. The highest BCUT2D eigenvalue weighted by molar-refractivity contribution is 6.31. The van der Waals surface area contributed by atoms with Gasteiger partial charge >= 0.3 is 0 Å². The Morgan fingerprint density at radius 3 is 2.61 bits per heavy atom. The molecule has 1 aromatic heterocycles. The SMILES string of the molecule is CCOc1ccc(Cn2c(O)c(N=O)c3cc(Cl)ccc32)cc1. The Labute approximate surface area is 138 Å². The first kappa shape index (κ1) is 15.4. The van der Waals surface area contributed by atoms with E-state index in [4.69, 9.17) is 16.3 Å². The number of rotatable bonds is 5. The summed E-state index contributed by atoms with van der Waals surface area (Å²) in [5.74, 6) is 0.631. The van der Waals surface area contributed by atoms with Crippen LogP contribution in [0, 0.1) is 4.91 Å².